The number of benzene rings is 13. The molecule has 2 aliphatic carbocycles. The van der Waals surface area contributed by atoms with E-state index >= 15 is 0 Å². The van der Waals surface area contributed by atoms with Crippen LogP contribution in [0.3, 0.4) is 0 Å². The summed E-state index contributed by atoms with van der Waals surface area (Å²) in [6.45, 7) is 4.49. The third kappa shape index (κ3) is 9.82. The lowest BCUT2D eigenvalue weighted by molar-refractivity contribution is 0.436. The van der Waals surface area contributed by atoms with E-state index in [0.29, 0.717) is 46.1 Å². The van der Waals surface area contributed by atoms with Gasteiger partial charge in [-0.3, -0.25) is 0 Å². The van der Waals surface area contributed by atoms with E-state index in [1.54, 1.807) is 0 Å². The zero-order valence-electron chi connectivity index (χ0n) is 53.9. The van der Waals surface area contributed by atoms with Crippen molar-refractivity contribution in [2.45, 2.75) is 24.7 Å². The molecule has 0 radical (unpaired) electrons. The van der Waals surface area contributed by atoms with E-state index in [9.17, 15) is 10.5 Å². The Labute approximate surface area is 573 Å². The summed E-state index contributed by atoms with van der Waals surface area (Å²) in [4.78, 5) is 31.5. The van der Waals surface area contributed by atoms with Crippen LogP contribution in [0.5, 0.6) is 11.5 Å². The molecule has 2 aromatic heterocycles. The second-order valence-electron chi connectivity index (χ2n) is 26.0. The summed E-state index contributed by atoms with van der Waals surface area (Å²) in [5.41, 5.74) is 25.3. The number of ether oxygens (including phenoxy) is 1. The van der Waals surface area contributed by atoms with Crippen LogP contribution in [0.4, 0.5) is 0 Å². The first-order chi connectivity index (χ1) is 48.6. The van der Waals surface area contributed by atoms with Gasteiger partial charge in [-0.15, -0.1) is 0 Å². The van der Waals surface area contributed by atoms with E-state index in [2.05, 4.69) is 220 Å². The topological polar surface area (TPSA) is 134 Å². The molecule has 0 bridgehead atoms. The Hall–Kier alpha value is -13.3. The molecule has 3 heterocycles. The molecule has 15 aromatic rings. The largest absolute Gasteiger partial charge is 0.457 e. The van der Waals surface area contributed by atoms with E-state index in [-0.39, 0.29) is 5.41 Å². The summed E-state index contributed by atoms with van der Waals surface area (Å²) in [6.07, 6.45) is 0. The fourth-order valence-electron chi connectivity index (χ4n) is 15.0. The van der Waals surface area contributed by atoms with Gasteiger partial charge in [0.1, 0.15) is 11.5 Å². The van der Waals surface area contributed by atoms with Gasteiger partial charge < -0.3 is 4.74 Å². The van der Waals surface area contributed by atoms with Gasteiger partial charge in [0, 0.05) is 49.9 Å². The smallest absolute Gasteiger partial charge is 0.164 e. The Bertz CT molecular complexity index is 5810. The van der Waals surface area contributed by atoms with Crippen molar-refractivity contribution in [1.82, 2.24) is 29.9 Å². The minimum absolute atomic E-state index is 0.225. The van der Waals surface area contributed by atoms with Crippen molar-refractivity contribution in [3.05, 3.63) is 348 Å². The average molecular weight is 1270 g/mol. The van der Waals surface area contributed by atoms with Crippen molar-refractivity contribution in [3.8, 4) is 159 Å². The standard InChI is InChI=1S/C90H56N8O/c1-89(2)78-47-56(54-92)27-44-72(78)73-45-42-66(51-79(73)89)59-32-30-57(31-33-59)58-34-38-64(39-35-58)85-93-83(62-15-5-3-6-16-62)94-86(95-85)65-40-36-61(37-41-65)69-48-68(60-28-25-55(53-91)26-29-60)49-70(50-69)88-97-84(63-17-7-4-8-18-63)96-87(98-88)67-43-46-74-71-19-9-10-20-75(71)90(80(74)52-67)76-21-11-13-23-81(76)99-82-24-14-12-22-77(82)90/h3-52H,1-2H3. The molecule has 462 valence electrons. The Morgan fingerprint density at radius 1 is 0.242 bits per heavy atom. The lowest BCUT2D eigenvalue weighted by Crippen LogP contribution is -2.32. The van der Waals surface area contributed by atoms with Gasteiger partial charge in [0.05, 0.1) is 28.7 Å². The quantitative estimate of drug-likeness (QED) is 0.131. The highest BCUT2D eigenvalue weighted by molar-refractivity contribution is 5.91. The normalized spacial score (nSPS) is 13.0. The van der Waals surface area contributed by atoms with Crippen LogP contribution in [-0.4, -0.2) is 29.9 Å². The summed E-state index contributed by atoms with van der Waals surface area (Å²) >= 11 is 0. The van der Waals surface area contributed by atoms with Gasteiger partial charge in [0.15, 0.2) is 34.9 Å². The molecule has 0 unspecified atom stereocenters. The van der Waals surface area contributed by atoms with Crippen LogP contribution >= 0.6 is 0 Å². The van der Waals surface area contributed by atoms with Gasteiger partial charge >= 0.3 is 0 Å². The first-order valence-electron chi connectivity index (χ1n) is 33.1. The maximum atomic E-state index is 9.87. The number of para-hydroxylation sites is 2. The fraction of sp³-hybridized carbons (Fsp3) is 0.0444. The predicted molar refractivity (Wildman–Crippen MR) is 392 cm³/mol. The van der Waals surface area contributed by atoms with Gasteiger partial charge in [0.25, 0.3) is 0 Å². The lowest BCUT2D eigenvalue weighted by Gasteiger charge is -2.39. The lowest BCUT2D eigenvalue weighted by atomic mass is 9.66. The molecule has 0 N–H and O–H groups in total. The third-order valence-electron chi connectivity index (χ3n) is 20.0. The summed E-state index contributed by atoms with van der Waals surface area (Å²) in [6, 6.07) is 109. The van der Waals surface area contributed by atoms with Crippen LogP contribution in [0.15, 0.2) is 303 Å². The van der Waals surface area contributed by atoms with Crippen LogP contribution in [0.25, 0.3) is 135 Å². The van der Waals surface area contributed by atoms with Crippen LogP contribution in [0, 0.1) is 22.7 Å². The molecule has 0 amide bonds. The Balaban J connectivity index is 0.699. The second-order valence-corrected chi connectivity index (χ2v) is 26.0. The summed E-state index contributed by atoms with van der Waals surface area (Å²) in [7, 11) is 0. The Morgan fingerprint density at radius 3 is 1.08 bits per heavy atom. The summed E-state index contributed by atoms with van der Waals surface area (Å²) < 4.78 is 6.68. The molecule has 1 aliphatic heterocycles. The number of rotatable bonds is 10. The average Bonchev–Trinajstić information content (AvgIpc) is 1.56. The second kappa shape index (κ2) is 23.2. The monoisotopic (exact) mass is 1260 g/mol. The van der Waals surface area contributed by atoms with Crippen molar-refractivity contribution >= 4 is 0 Å². The predicted octanol–water partition coefficient (Wildman–Crippen LogP) is 21.2. The number of hydrogen-bond acceptors (Lipinski definition) is 9. The maximum absolute atomic E-state index is 9.87. The fourth-order valence-corrected chi connectivity index (χ4v) is 15.0. The minimum atomic E-state index is -0.685. The third-order valence-corrected chi connectivity index (χ3v) is 20.0. The molecular weight excluding hydrogens is 1210 g/mol. The van der Waals surface area contributed by atoms with Gasteiger partial charge in [-0.1, -0.05) is 250 Å². The van der Waals surface area contributed by atoms with E-state index in [1.165, 1.54) is 33.4 Å². The maximum Gasteiger partial charge on any atom is 0.164 e. The van der Waals surface area contributed by atoms with Gasteiger partial charge in [-0.2, -0.15) is 10.5 Å². The Morgan fingerprint density at radius 2 is 0.566 bits per heavy atom. The molecule has 9 nitrogen and oxygen atoms in total. The van der Waals surface area contributed by atoms with Crippen molar-refractivity contribution in [2.75, 3.05) is 0 Å². The van der Waals surface area contributed by atoms with Gasteiger partial charge in [0.2, 0.25) is 0 Å². The zero-order valence-corrected chi connectivity index (χ0v) is 53.9. The molecule has 0 fully saturated rings. The Kier molecular flexibility index (Phi) is 13.7. The van der Waals surface area contributed by atoms with Crippen LogP contribution in [0.2, 0.25) is 0 Å². The first kappa shape index (κ1) is 58.3. The van der Waals surface area contributed by atoms with Crippen molar-refractivity contribution in [1.29, 1.82) is 10.5 Å². The van der Waals surface area contributed by atoms with E-state index in [4.69, 9.17) is 34.6 Å². The van der Waals surface area contributed by atoms with Crippen LogP contribution in [-0.2, 0) is 10.8 Å². The van der Waals surface area contributed by atoms with Gasteiger partial charge in [-0.05, 0) is 156 Å². The first-order valence-corrected chi connectivity index (χ1v) is 33.1. The van der Waals surface area contributed by atoms with E-state index in [1.807, 2.05) is 109 Å². The van der Waals surface area contributed by atoms with Gasteiger partial charge in [-0.25, -0.2) is 29.9 Å². The van der Waals surface area contributed by atoms with Crippen LogP contribution in [0.1, 0.15) is 58.4 Å². The minimum Gasteiger partial charge on any atom is -0.457 e. The van der Waals surface area contributed by atoms with E-state index in [0.717, 1.165) is 112 Å². The van der Waals surface area contributed by atoms with Crippen molar-refractivity contribution in [2.24, 2.45) is 0 Å². The molecule has 0 saturated carbocycles. The van der Waals surface area contributed by atoms with E-state index < -0.39 is 5.41 Å². The number of fused-ring (bicyclic) bond motifs is 12. The molecule has 0 atom stereocenters. The van der Waals surface area contributed by atoms with Crippen molar-refractivity contribution < 1.29 is 4.74 Å². The molecule has 3 aliphatic rings. The molecule has 13 aromatic carbocycles. The number of nitrogens with zero attached hydrogens (tertiary/aromatic N) is 8. The molecule has 0 saturated heterocycles. The molecule has 18 rings (SSSR count). The highest BCUT2D eigenvalue weighted by Gasteiger charge is 2.51. The highest BCUT2D eigenvalue weighted by Crippen LogP contribution is 2.62. The van der Waals surface area contributed by atoms with Crippen molar-refractivity contribution in [3.63, 3.8) is 0 Å². The molecule has 99 heavy (non-hydrogen) atoms. The number of hydrogen-bond donors (Lipinski definition) is 0. The zero-order chi connectivity index (χ0) is 66.3. The SMILES string of the molecule is CC1(C)c2cc(C#N)ccc2-c2ccc(-c3ccc(-c4ccc(-c5nc(-c6ccccc6)nc(-c6ccc(-c7cc(-c8ccc(C#N)cc8)cc(-c8nc(-c9ccccc9)nc(-c9ccc%10c(c9)C9(c%11ccccc%11Oc%11ccccc%119)c9ccccc9-%10)n8)c7)cc6)n5)cc4)cc3)cc21. The summed E-state index contributed by atoms with van der Waals surface area (Å²) in [5.74, 6) is 4.89. The number of aromatic nitrogens is 6. The molecular formula is C90H56N8O. The van der Waals surface area contributed by atoms with Crippen LogP contribution < -0.4 is 4.74 Å². The number of nitriles is 2. The molecule has 1 spiro atoms. The summed E-state index contributed by atoms with van der Waals surface area (Å²) in [5, 5.41) is 19.5. The molecule has 9 heteroatoms. The highest BCUT2D eigenvalue weighted by atomic mass is 16.5.